The second-order valence-electron chi connectivity index (χ2n) is 4.56. The van der Waals surface area contributed by atoms with Gasteiger partial charge in [0, 0.05) is 0 Å². The first-order chi connectivity index (χ1) is 10.8. The van der Waals surface area contributed by atoms with E-state index in [1.807, 2.05) is 5.32 Å². The van der Waals surface area contributed by atoms with Gasteiger partial charge in [0.1, 0.15) is 12.6 Å². The Balaban J connectivity index is 2.70. The summed E-state index contributed by atoms with van der Waals surface area (Å²) in [4.78, 5) is 44.4. The Kier molecular flexibility index (Phi) is 6.53. The summed E-state index contributed by atoms with van der Waals surface area (Å²) >= 11 is 0. The highest BCUT2D eigenvalue weighted by atomic mass is 16.5. The molecule has 0 aromatic heterocycles. The molecular formula is C14H15NO8. The number of ether oxygens (including phenoxy) is 1. The van der Waals surface area contributed by atoms with Crippen LogP contribution in [0.25, 0.3) is 0 Å². The van der Waals surface area contributed by atoms with Crippen molar-refractivity contribution in [1.29, 1.82) is 0 Å². The molecule has 0 heterocycles. The maximum absolute atomic E-state index is 11.6. The monoisotopic (exact) mass is 325 g/mol. The summed E-state index contributed by atoms with van der Waals surface area (Å²) < 4.78 is 4.79. The van der Waals surface area contributed by atoms with Gasteiger partial charge in [0.05, 0.1) is 12.3 Å². The fraction of sp³-hybridized carbons (Fsp3) is 0.286. The van der Waals surface area contributed by atoms with Crippen molar-refractivity contribution < 1.29 is 39.2 Å². The van der Waals surface area contributed by atoms with Gasteiger partial charge in [-0.25, -0.2) is 9.59 Å². The van der Waals surface area contributed by atoms with E-state index >= 15 is 0 Å². The zero-order valence-corrected chi connectivity index (χ0v) is 11.8. The minimum atomic E-state index is -1.92. The van der Waals surface area contributed by atoms with Crippen molar-refractivity contribution in [1.82, 2.24) is 5.32 Å². The van der Waals surface area contributed by atoms with E-state index in [2.05, 4.69) is 0 Å². The van der Waals surface area contributed by atoms with Crippen LogP contribution in [0, 0.1) is 5.92 Å². The number of nitrogens with one attached hydrogen (secondary N) is 1. The Labute approximate surface area is 130 Å². The second-order valence-corrected chi connectivity index (χ2v) is 4.56. The molecule has 1 aromatic rings. The second kappa shape index (κ2) is 8.37. The van der Waals surface area contributed by atoms with Crippen molar-refractivity contribution in [3.05, 3.63) is 35.9 Å². The number of benzene rings is 1. The zero-order valence-electron chi connectivity index (χ0n) is 11.8. The van der Waals surface area contributed by atoms with Gasteiger partial charge < -0.3 is 25.4 Å². The van der Waals surface area contributed by atoms with E-state index in [0.717, 1.165) is 0 Å². The van der Waals surface area contributed by atoms with Crippen LogP contribution >= 0.6 is 0 Å². The van der Waals surface area contributed by atoms with Crippen LogP contribution in [0.15, 0.2) is 30.3 Å². The summed E-state index contributed by atoms with van der Waals surface area (Å²) in [5.74, 6) is -6.64. The molecule has 9 heteroatoms. The van der Waals surface area contributed by atoms with Crippen LogP contribution in [0.1, 0.15) is 12.0 Å². The summed E-state index contributed by atoms with van der Waals surface area (Å²) in [6.45, 7) is -0.143. The molecule has 0 unspecified atom stereocenters. The average molecular weight is 325 g/mol. The third-order valence-corrected chi connectivity index (χ3v) is 2.87. The Bertz CT molecular complexity index is 586. The van der Waals surface area contributed by atoms with Crippen molar-refractivity contribution >= 4 is 24.0 Å². The number of rotatable bonds is 8. The Morgan fingerprint density at radius 1 is 1.00 bits per heavy atom. The highest BCUT2D eigenvalue weighted by Crippen LogP contribution is 2.11. The number of carboxylic acid groups (broad SMARTS) is 3. The Hall–Kier alpha value is -3.10. The number of alkyl carbamates (subject to hydrolysis) is 1. The Morgan fingerprint density at radius 2 is 1.61 bits per heavy atom. The standard InChI is InChI=1S/C14H15NO8/c16-10(17)6-9(12(18)19)11(13(20)21)15-14(22)23-7-8-4-2-1-3-5-8/h1-5,9,11H,6-7H2,(H,15,22)(H,16,17)(H,18,19)(H,20,21)/t9-,11-/m0/s1. The highest BCUT2D eigenvalue weighted by molar-refractivity contribution is 5.88. The maximum Gasteiger partial charge on any atom is 0.408 e. The van der Waals surface area contributed by atoms with Crippen molar-refractivity contribution in [3.63, 3.8) is 0 Å². The molecule has 1 aromatic carbocycles. The van der Waals surface area contributed by atoms with E-state index in [1.54, 1.807) is 30.3 Å². The van der Waals surface area contributed by atoms with Gasteiger partial charge in [-0.3, -0.25) is 9.59 Å². The van der Waals surface area contributed by atoms with E-state index in [4.69, 9.17) is 20.1 Å². The van der Waals surface area contributed by atoms with Crippen molar-refractivity contribution in [2.45, 2.75) is 19.1 Å². The van der Waals surface area contributed by atoms with Gasteiger partial charge in [-0.2, -0.15) is 0 Å². The summed E-state index contributed by atoms with van der Waals surface area (Å²) in [7, 11) is 0. The molecule has 23 heavy (non-hydrogen) atoms. The van der Waals surface area contributed by atoms with Crippen LogP contribution in [0.4, 0.5) is 4.79 Å². The lowest BCUT2D eigenvalue weighted by atomic mass is 9.96. The van der Waals surface area contributed by atoms with E-state index in [-0.39, 0.29) is 6.61 Å². The molecular weight excluding hydrogens is 310 g/mol. The first kappa shape index (κ1) is 18.0. The van der Waals surface area contributed by atoms with Crippen LogP contribution in [-0.4, -0.2) is 45.4 Å². The molecule has 1 amide bonds. The molecule has 4 N–H and O–H groups in total. The molecule has 1 rings (SSSR count). The zero-order chi connectivity index (χ0) is 17.4. The van der Waals surface area contributed by atoms with E-state index < -0.39 is 42.4 Å². The van der Waals surface area contributed by atoms with Gasteiger partial charge in [-0.05, 0) is 5.56 Å². The lowest BCUT2D eigenvalue weighted by Crippen LogP contribution is -2.49. The first-order valence-electron chi connectivity index (χ1n) is 6.46. The van der Waals surface area contributed by atoms with Gasteiger partial charge >= 0.3 is 24.0 Å². The fourth-order valence-corrected chi connectivity index (χ4v) is 1.76. The van der Waals surface area contributed by atoms with Gasteiger partial charge in [0.15, 0.2) is 0 Å². The molecule has 0 saturated carbocycles. The summed E-state index contributed by atoms with van der Waals surface area (Å²) in [6, 6.07) is 6.60. The predicted molar refractivity (Wildman–Crippen MR) is 74.6 cm³/mol. The topological polar surface area (TPSA) is 150 Å². The van der Waals surface area contributed by atoms with Crippen LogP contribution < -0.4 is 5.32 Å². The van der Waals surface area contributed by atoms with E-state index in [1.165, 1.54) is 0 Å². The number of carbonyl (C=O) groups is 4. The summed E-state index contributed by atoms with van der Waals surface area (Å²) in [6.07, 6.45) is -2.11. The number of hydrogen-bond donors (Lipinski definition) is 4. The number of amides is 1. The lowest BCUT2D eigenvalue weighted by Gasteiger charge is -2.20. The summed E-state index contributed by atoms with van der Waals surface area (Å²) in [5.41, 5.74) is 0.648. The van der Waals surface area contributed by atoms with Gasteiger partial charge in [0.2, 0.25) is 0 Å². The molecule has 0 radical (unpaired) electrons. The van der Waals surface area contributed by atoms with E-state index in [9.17, 15) is 19.2 Å². The quantitative estimate of drug-likeness (QED) is 0.541. The Morgan fingerprint density at radius 3 is 2.09 bits per heavy atom. The third-order valence-electron chi connectivity index (χ3n) is 2.87. The molecule has 0 saturated heterocycles. The number of hydrogen-bond acceptors (Lipinski definition) is 5. The number of aliphatic carboxylic acids is 3. The molecule has 0 fully saturated rings. The molecule has 0 aliphatic carbocycles. The van der Waals surface area contributed by atoms with Crippen molar-refractivity contribution in [3.8, 4) is 0 Å². The lowest BCUT2D eigenvalue weighted by molar-refractivity contribution is -0.154. The molecule has 9 nitrogen and oxygen atoms in total. The highest BCUT2D eigenvalue weighted by Gasteiger charge is 2.37. The summed E-state index contributed by atoms with van der Waals surface area (Å²) in [5, 5.41) is 28.5. The fourth-order valence-electron chi connectivity index (χ4n) is 1.76. The minimum Gasteiger partial charge on any atom is -0.481 e. The first-order valence-corrected chi connectivity index (χ1v) is 6.46. The van der Waals surface area contributed by atoms with Gasteiger partial charge in [-0.1, -0.05) is 30.3 Å². The molecule has 124 valence electrons. The maximum atomic E-state index is 11.6. The van der Waals surface area contributed by atoms with Gasteiger partial charge in [-0.15, -0.1) is 0 Å². The van der Waals surface area contributed by atoms with Crippen molar-refractivity contribution in [2.75, 3.05) is 0 Å². The number of carboxylic acids is 3. The predicted octanol–water partition coefficient (Wildman–Crippen LogP) is 0.541. The molecule has 0 spiro atoms. The normalized spacial score (nSPS) is 12.7. The average Bonchev–Trinajstić information content (AvgIpc) is 2.49. The van der Waals surface area contributed by atoms with Crippen LogP contribution in [-0.2, 0) is 25.7 Å². The van der Waals surface area contributed by atoms with E-state index in [0.29, 0.717) is 5.56 Å². The smallest absolute Gasteiger partial charge is 0.408 e. The molecule has 2 atom stereocenters. The minimum absolute atomic E-state index is 0.143. The largest absolute Gasteiger partial charge is 0.481 e. The number of carbonyl (C=O) groups excluding carboxylic acids is 1. The molecule has 0 aliphatic heterocycles. The third kappa shape index (κ3) is 6.04. The molecule has 0 aliphatic rings. The van der Waals surface area contributed by atoms with Gasteiger partial charge in [0.25, 0.3) is 0 Å². The van der Waals surface area contributed by atoms with Crippen molar-refractivity contribution in [2.24, 2.45) is 5.92 Å². The SMILES string of the molecule is O=C(O)C[C@H](C(=O)O)[C@H](NC(=O)OCc1ccccc1)C(=O)O. The van der Waals surface area contributed by atoms with Crippen LogP contribution in [0.3, 0.4) is 0 Å². The molecule has 0 bridgehead atoms. The van der Waals surface area contributed by atoms with Crippen LogP contribution in [0.2, 0.25) is 0 Å². The van der Waals surface area contributed by atoms with Crippen LogP contribution in [0.5, 0.6) is 0 Å².